The van der Waals surface area contributed by atoms with Crippen molar-refractivity contribution in [2.24, 2.45) is 0 Å². The van der Waals surface area contributed by atoms with Crippen molar-refractivity contribution in [1.29, 1.82) is 0 Å². The van der Waals surface area contributed by atoms with Crippen LogP contribution in [0.15, 0.2) is 41.8 Å². The first kappa shape index (κ1) is 14.6. The monoisotopic (exact) mass is 316 g/mol. The molecule has 1 N–H and O–H groups in total. The molecule has 1 fully saturated rings. The molecule has 1 saturated heterocycles. The van der Waals surface area contributed by atoms with Crippen molar-refractivity contribution < 1.29 is 9.59 Å². The second-order valence-electron chi connectivity index (χ2n) is 4.97. The molecule has 3 amide bonds. The van der Waals surface area contributed by atoms with E-state index in [1.165, 1.54) is 22.2 Å². The number of aromatic nitrogens is 2. The van der Waals surface area contributed by atoms with Crippen LogP contribution in [0.25, 0.3) is 5.69 Å². The van der Waals surface area contributed by atoms with Crippen molar-refractivity contribution in [3.63, 3.8) is 0 Å². The second-order valence-corrected chi connectivity index (χ2v) is 6.03. The fourth-order valence-corrected chi connectivity index (χ4v) is 3.18. The zero-order valence-corrected chi connectivity index (χ0v) is 13.0. The zero-order valence-electron chi connectivity index (χ0n) is 12.2. The molecule has 0 bridgehead atoms. The van der Waals surface area contributed by atoms with E-state index in [9.17, 15) is 9.59 Å². The highest BCUT2D eigenvalue weighted by molar-refractivity contribution is 7.99. The number of hydrogen-bond acceptors (Lipinski definition) is 4. The zero-order chi connectivity index (χ0) is 15.5. The smallest absolute Gasteiger partial charge is 0.324 e. The van der Waals surface area contributed by atoms with Gasteiger partial charge in [-0.05, 0) is 24.6 Å². The van der Waals surface area contributed by atoms with E-state index >= 15 is 0 Å². The summed E-state index contributed by atoms with van der Waals surface area (Å²) in [6.45, 7) is 2.53. The molecule has 22 heavy (non-hydrogen) atoms. The number of carbonyl (C=O) groups excluding carboxylic acids is 2. The molecule has 0 atom stereocenters. The Morgan fingerprint density at radius 3 is 2.95 bits per heavy atom. The number of amides is 3. The number of nitrogens with one attached hydrogen (secondary N) is 1. The van der Waals surface area contributed by atoms with Crippen molar-refractivity contribution in [3.8, 4) is 5.69 Å². The van der Waals surface area contributed by atoms with Crippen LogP contribution < -0.4 is 5.32 Å². The molecule has 3 rings (SSSR count). The van der Waals surface area contributed by atoms with E-state index in [0.717, 1.165) is 10.8 Å². The average molecular weight is 316 g/mol. The van der Waals surface area contributed by atoms with Gasteiger partial charge in [-0.15, -0.1) is 0 Å². The fraction of sp³-hybridized carbons (Fsp3) is 0.267. The summed E-state index contributed by atoms with van der Waals surface area (Å²) >= 11 is 1.52. The molecule has 6 nitrogen and oxygen atoms in total. The van der Waals surface area contributed by atoms with E-state index in [0.29, 0.717) is 12.3 Å². The number of urea groups is 1. The number of carbonyl (C=O) groups is 2. The summed E-state index contributed by atoms with van der Waals surface area (Å²) in [6.07, 6.45) is 3.66. The van der Waals surface area contributed by atoms with Crippen LogP contribution in [0.2, 0.25) is 0 Å². The van der Waals surface area contributed by atoms with Crippen molar-refractivity contribution in [2.45, 2.75) is 12.1 Å². The fourth-order valence-electron chi connectivity index (χ4n) is 2.28. The van der Waals surface area contributed by atoms with Gasteiger partial charge in [0.15, 0.2) is 5.16 Å². The van der Waals surface area contributed by atoms with Crippen LogP contribution in [0.4, 0.5) is 4.79 Å². The van der Waals surface area contributed by atoms with Gasteiger partial charge in [0.25, 0.3) is 0 Å². The van der Waals surface area contributed by atoms with Gasteiger partial charge >= 0.3 is 6.03 Å². The molecular formula is C15H16N4O2S. The van der Waals surface area contributed by atoms with Gasteiger partial charge in [-0.2, -0.15) is 0 Å². The molecule has 0 aliphatic carbocycles. The molecule has 0 unspecified atom stereocenters. The summed E-state index contributed by atoms with van der Waals surface area (Å²) in [7, 11) is 0. The van der Waals surface area contributed by atoms with Crippen LogP contribution >= 0.6 is 11.8 Å². The molecule has 7 heteroatoms. The number of benzene rings is 1. The molecular weight excluding hydrogens is 300 g/mol. The Bertz CT molecular complexity index is 697. The van der Waals surface area contributed by atoms with Gasteiger partial charge in [0.05, 0.1) is 6.54 Å². The van der Waals surface area contributed by atoms with Crippen LogP contribution in [0.3, 0.4) is 0 Å². The minimum Gasteiger partial charge on any atom is -0.329 e. The van der Waals surface area contributed by atoms with Crippen molar-refractivity contribution in [2.75, 3.05) is 18.8 Å². The third kappa shape index (κ3) is 2.99. The van der Waals surface area contributed by atoms with Gasteiger partial charge in [-0.1, -0.05) is 23.9 Å². The van der Waals surface area contributed by atoms with E-state index in [4.69, 9.17) is 0 Å². The van der Waals surface area contributed by atoms with E-state index in [-0.39, 0.29) is 18.5 Å². The first-order valence-electron chi connectivity index (χ1n) is 6.96. The highest BCUT2D eigenvalue weighted by atomic mass is 32.2. The van der Waals surface area contributed by atoms with Gasteiger partial charge < -0.3 is 5.32 Å². The number of imide groups is 1. The molecule has 0 saturated carbocycles. The lowest BCUT2D eigenvalue weighted by atomic mass is 10.2. The number of imidazole rings is 1. The Hall–Kier alpha value is -2.28. The molecule has 1 aliphatic heterocycles. The van der Waals surface area contributed by atoms with Crippen molar-refractivity contribution >= 4 is 23.7 Å². The summed E-state index contributed by atoms with van der Waals surface area (Å²) in [5.41, 5.74) is 2.23. The van der Waals surface area contributed by atoms with Gasteiger partial charge in [-0.25, -0.2) is 9.78 Å². The van der Waals surface area contributed by atoms with E-state index in [2.05, 4.69) is 16.4 Å². The predicted molar refractivity (Wildman–Crippen MR) is 84.1 cm³/mol. The first-order valence-corrected chi connectivity index (χ1v) is 7.95. The standard InChI is InChI=1S/C15H16N4O2S/c1-11-3-2-4-12(9-11)18-6-5-16-15(18)22-8-7-19-13(20)10-17-14(19)21/h2-6,9H,7-8,10H2,1H3,(H,17,21). The van der Waals surface area contributed by atoms with Crippen LogP contribution in [-0.2, 0) is 4.79 Å². The largest absolute Gasteiger partial charge is 0.329 e. The van der Waals surface area contributed by atoms with Crippen LogP contribution in [0.1, 0.15) is 5.56 Å². The lowest BCUT2D eigenvalue weighted by Gasteiger charge is -2.12. The quantitative estimate of drug-likeness (QED) is 0.675. The summed E-state index contributed by atoms with van der Waals surface area (Å²) in [5, 5.41) is 3.36. The Balaban J connectivity index is 1.66. The molecule has 2 aromatic rings. The van der Waals surface area contributed by atoms with Crippen LogP contribution in [0.5, 0.6) is 0 Å². The van der Waals surface area contributed by atoms with Crippen molar-refractivity contribution in [1.82, 2.24) is 19.8 Å². The third-order valence-corrected chi connectivity index (χ3v) is 4.32. The highest BCUT2D eigenvalue weighted by Gasteiger charge is 2.27. The molecule has 114 valence electrons. The van der Waals surface area contributed by atoms with Gasteiger partial charge in [0.1, 0.15) is 0 Å². The highest BCUT2D eigenvalue weighted by Crippen LogP contribution is 2.21. The molecule has 1 aliphatic rings. The first-order chi connectivity index (χ1) is 10.6. The Kier molecular flexibility index (Phi) is 4.15. The minimum absolute atomic E-state index is 0.0986. The Morgan fingerprint density at radius 2 is 2.23 bits per heavy atom. The Morgan fingerprint density at radius 1 is 1.36 bits per heavy atom. The topological polar surface area (TPSA) is 67.2 Å². The molecule has 2 heterocycles. The second kappa shape index (κ2) is 6.23. The summed E-state index contributed by atoms with van der Waals surface area (Å²) in [4.78, 5) is 28.6. The number of hydrogen-bond donors (Lipinski definition) is 1. The normalized spacial score (nSPS) is 14.5. The SMILES string of the molecule is Cc1cccc(-n2ccnc2SCCN2C(=O)CNC2=O)c1. The minimum atomic E-state index is -0.312. The van der Waals surface area contributed by atoms with Crippen LogP contribution in [-0.4, -0.2) is 45.2 Å². The number of thioether (sulfide) groups is 1. The summed E-state index contributed by atoms with van der Waals surface area (Å²) < 4.78 is 2.00. The maximum atomic E-state index is 11.5. The summed E-state index contributed by atoms with van der Waals surface area (Å²) in [6, 6.07) is 7.85. The van der Waals surface area contributed by atoms with Gasteiger partial charge in [0.2, 0.25) is 5.91 Å². The lowest BCUT2D eigenvalue weighted by Crippen LogP contribution is -2.32. The predicted octanol–water partition coefficient (Wildman–Crippen LogP) is 1.82. The van der Waals surface area contributed by atoms with Crippen LogP contribution in [0, 0.1) is 6.92 Å². The maximum Gasteiger partial charge on any atom is 0.324 e. The summed E-state index contributed by atoms with van der Waals surface area (Å²) in [5.74, 6) is 0.440. The molecule has 1 aromatic carbocycles. The number of rotatable bonds is 5. The van der Waals surface area contributed by atoms with E-state index in [1.807, 2.05) is 35.9 Å². The lowest BCUT2D eigenvalue weighted by molar-refractivity contribution is -0.124. The average Bonchev–Trinajstić information content (AvgIpc) is 3.08. The molecule has 0 radical (unpaired) electrons. The number of nitrogens with zero attached hydrogens (tertiary/aromatic N) is 3. The Labute approximate surface area is 132 Å². The maximum absolute atomic E-state index is 11.5. The molecule has 1 aromatic heterocycles. The van der Waals surface area contributed by atoms with E-state index < -0.39 is 0 Å². The van der Waals surface area contributed by atoms with Gasteiger partial charge in [-0.3, -0.25) is 14.3 Å². The van der Waals surface area contributed by atoms with Gasteiger partial charge in [0, 0.05) is 30.4 Å². The van der Waals surface area contributed by atoms with E-state index in [1.54, 1.807) is 6.20 Å². The molecule has 0 spiro atoms. The van der Waals surface area contributed by atoms with Crippen molar-refractivity contribution in [3.05, 3.63) is 42.2 Å². The third-order valence-electron chi connectivity index (χ3n) is 3.37. The number of aryl methyl sites for hydroxylation is 1.